The van der Waals surface area contributed by atoms with E-state index in [1.807, 2.05) is 43.3 Å². The van der Waals surface area contributed by atoms with Gasteiger partial charge in [-0.2, -0.15) is 8.78 Å². The van der Waals surface area contributed by atoms with E-state index in [-0.39, 0.29) is 11.9 Å². The monoisotopic (exact) mass is 718 g/mol. The number of tetrazole rings is 1. The molecule has 6 rings (SSSR count). The topological polar surface area (TPSA) is 133 Å². The van der Waals surface area contributed by atoms with Crippen molar-refractivity contribution in [3.05, 3.63) is 120 Å². The Morgan fingerprint density at radius 3 is 2.04 bits per heavy atom. The molecule has 1 aliphatic rings. The summed E-state index contributed by atoms with van der Waals surface area (Å²) in [6.07, 6.45) is 2.23. The van der Waals surface area contributed by atoms with Crippen LogP contribution in [0.1, 0.15) is 41.9 Å². The lowest BCUT2D eigenvalue weighted by atomic mass is 9.84. The van der Waals surface area contributed by atoms with Crippen molar-refractivity contribution in [2.24, 2.45) is 0 Å². The van der Waals surface area contributed by atoms with Gasteiger partial charge in [0.1, 0.15) is 23.7 Å². The highest BCUT2D eigenvalue weighted by Crippen LogP contribution is 2.47. The Labute approximate surface area is 297 Å². The molecule has 3 N–H and O–H groups in total. The summed E-state index contributed by atoms with van der Waals surface area (Å²) in [5, 5.41) is 34.4. The van der Waals surface area contributed by atoms with Crippen molar-refractivity contribution in [3.8, 4) is 11.1 Å². The number of pyridine rings is 1. The molecule has 0 radical (unpaired) electrons. The fraction of sp³-hybridized carbons (Fsp3) is 0.324. The Morgan fingerprint density at radius 1 is 0.904 bits per heavy atom. The second-order valence-electron chi connectivity index (χ2n) is 12.8. The van der Waals surface area contributed by atoms with Crippen LogP contribution in [-0.4, -0.2) is 79.6 Å². The molecule has 11 nitrogen and oxygen atoms in total. The van der Waals surface area contributed by atoms with Crippen molar-refractivity contribution in [1.82, 2.24) is 30.5 Å². The van der Waals surface area contributed by atoms with Crippen molar-refractivity contribution in [1.29, 1.82) is 0 Å². The standard InChI is InChI=1S/C37H38F4N8O3/c1-3-33(24(2)50)44-35(51)26-6-12-30(13-7-26)48-18-16-47(17-19-48)29-10-4-25(5-11-29)27-8-15-34(42-21-27)37(40,41)36(52,22-49-23-43-45-46-49)31-14-9-28(38)20-32(31)39/h4-15,20-21,23-24,33,50,52H,3,16-19,22H2,1-2H3,(H,44,51). The largest absolute Gasteiger partial charge is 0.391 e. The van der Waals surface area contributed by atoms with Gasteiger partial charge in [-0.05, 0) is 83.9 Å². The first kappa shape index (κ1) is 36.4. The Morgan fingerprint density at radius 2 is 1.52 bits per heavy atom. The van der Waals surface area contributed by atoms with Gasteiger partial charge in [-0.15, -0.1) is 5.10 Å². The zero-order valence-electron chi connectivity index (χ0n) is 28.5. The van der Waals surface area contributed by atoms with E-state index >= 15 is 8.78 Å². The second-order valence-corrected chi connectivity index (χ2v) is 12.8. The number of nitrogens with zero attached hydrogens (tertiary/aromatic N) is 7. The number of halogens is 4. The summed E-state index contributed by atoms with van der Waals surface area (Å²) < 4.78 is 61.6. The number of piperazine rings is 1. The van der Waals surface area contributed by atoms with Crippen molar-refractivity contribution < 1.29 is 32.6 Å². The summed E-state index contributed by atoms with van der Waals surface area (Å²) in [6.45, 7) is 5.65. The number of rotatable bonds is 12. The van der Waals surface area contributed by atoms with Crippen LogP contribution in [0.15, 0.2) is 91.4 Å². The highest BCUT2D eigenvalue weighted by molar-refractivity contribution is 5.94. The van der Waals surface area contributed by atoms with Gasteiger partial charge in [-0.25, -0.2) is 13.5 Å². The van der Waals surface area contributed by atoms with E-state index in [1.54, 1.807) is 19.1 Å². The molecule has 0 saturated carbocycles. The average Bonchev–Trinajstić information content (AvgIpc) is 3.66. The van der Waals surface area contributed by atoms with Crippen LogP contribution >= 0.6 is 0 Å². The first-order valence-corrected chi connectivity index (χ1v) is 16.8. The molecule has 52 heavy (non-hydrogen) atoms. The summed E-state index contributed by atoms with van der Waals surface area (Å²) in [7, 11) is 0. The van der Waals surface area contributed by atoms with Gasteiger partial charge in [0.25, 0.3) is 5.91 Å². The predicted molar refractivity (Wildman–Crippen MR) is 186 cm³/mol. The number of carbonyl (C=O) groups excluding carboxylic acids is 1. The number of aromatic nitrogens is 5. The molecule has 0 aliphatic carbocycles. The smallest absolute Gasteiger partial charge is 0.323 e. The maximum Gasteiger partial charge on any atom is 0.323 e. The number of aliphatic hydroxyl groups is 2. The summed E-state index contributed by atoms with van der Waals surface area (Å²) in [6, 6.07) is 19.2. The van der Waals surface area contributed by atoms with Crippen LogP contribution in [0.2, 0.25) is 0 Å². The molecule has 272 valence electrons. The maximum atomic E-state index is 16.1. The van der Waals surface area contributed by atoms with Gasteiger partial charge in [0.2, 0.25) is 0 Å². The number of amides is 1. The van der Waals surface area contributed by atoms with Gasteiger partial charge in [-0.3, -0.25) is 9.78 Å². The Bertz CT molecular complexity index is 1960. The fourth-order valence-corrected chi connectivity index (χ4v) is 6.35. The van der Waals surface area contributed by atoms with Crippen LogP contribution in [0.5, 0.6) is 0 Å². The summed E-state index contributed by atoms with van der Waals surface area (Å²) >= 11 is 0. The number of hydrogen-bond donors (Lipinski definition) is 3. The molecule has 3 heterocycles. The molecule has 3 aromatic carbocycles. The van der Waals surface area contributed by atoms with E-state index in [2.05, 4.69) is 35.6 Å². The SMILES string of the molecule is CCC(NC(=O)c1ccc(N2CCN(c3ccc(-c4ccc(C(F)(F)C(O)(Cn5cnnn5)c5ccc(F)cc5F)nc4)cc3)CC2)cc1)C(C)O. The third kappa shape index (κ3) is 7.46. The van der Waals surface area contributed by atoms with Gasteiger partial charge in [0, 0.05) is 66.5 Å². The number of carbonyl (C=O) groups is 1. The molecule has 3 atom stereocenters. The third-order valence-electron chi connectivity index (χ3n) is 9.44. The van der Waals surface area contributed by atoms with E-state index in [9.17, 15) is 23.8 Å². The number of hydrogen-bond acceptors (Lipinski definition) is 9. The molecule has 0 bridgehead atoms. The normalized spacial score (nSPS) is 15.9. The maximum absolute atomic E-state index is 16.1. The molecule has 1 fully saturated rings. The molecular weight excluding hydrogens is 680 g/mol. The molecular formula is C37H38F4N8O3. The summed E-state index contributed by atoms with van der Waals surface area (Å²) in [5.74, 6) is -6.73. The van der Waals surface area contributed by atoms with E-state index < -0.39 is 47.1 Å². The van der Waals surface area contributed by atoms with Crippen molar-refractivity contribution in [2.45, 2.75) is 50.5 Å². The van der Waals surface area contributed by atoms with Crippen LogP contribution in [0.4, 0.5) is 28.9 Å². The highest BCUT2D eigenvalue weighted by atomic mass is 19.3. The van der Waals surface area contributed by atoms with Crippen LogP contribution in [0, 0.1) is 11.6 Å². The summed E-state index contributed by atoms with van der Waals surface area (Å²) in [4.78, 5) is 21.1. The van der Waals surface area contributed by atoms with Gasteiger partial charge in [0.15, 0.2) is 5.60 Å². The lowest BCUT2D eigenvalue weighted by Crippen LogP contribution is -2.48. The van der Waals surface area contributed by atoms with Gasteiger partial charge in [-0.1, -0.05) is 25.1 Å². The molecule has 15 heteroatoms. The molecule has 1 saturated heterocycles. The Kier molecular flexibility index (Phi) is 10.5. The van der Waals surface area contributed by atoms with E-state index in [0.29, 0.717) is 23.6 Å². The van der Waals surface area contributed by atoms with Crippen LogP contribution < -0.4 is 15.1 Å². The Balaban J connectivity index is 1.10. The van der Waals surface area contributed by atoms with Crippen LogP contribution in [0.3, 0.4) is 0 Å². The number of anilines is 2. The Hall–Kier alpha value is -5.41. The molecule has 1 aliphatic heterocycles. The minimum absolute atomic E-state index is 0.222. The van der Waals surface area contributed by atoms with E-state index in [0.717, 1.165) is 72.3 Å². The fourth-order valence-electron chi connectivity index (χ4n) is 6.35. The highest BCUT2D eigenvalue weighted by Gasteiger charge is 2.58. The molecule has 3 unspecified atom stereocenters. The lowest BCUT2D eigenvalue weighted by molar-refractivity contribution is -0.207. The van der Waals surface area contributed by atoms with Crippen molar-refractivity contribution >= 4 is 17.3 Å². The van der Waals surface area contributed by atoms with E-state index in [4.69, 9.17) is 0 Å². The molecule has 0 spiro atoms. The predicted octanol–water partition coefficient (Wildman–Crippen LogP) is 4.91. The van der Waals surface area contributed by atoms with Gasteiger partial charge >= 0.3 is 5.92 Å². The number of nitrogens with one attached hydrogen (secondary N) is 1. The number of aliphatic hydroxyl groups excluding tert-OH is 1. The van der Waals surface area contributed by atoms with Crippen LogP contribution in [-0.2, 0) is 18.1 Å². The van der Waals surface area contributed by atoms with Crippen molar-refractivity contribution in [3.63, 3.8) is 0 Å². The first-order chi connectivity index (χ1) is 24.9. The third-order valence-corrected chi connectivity index (χ3v) is 9.44. The number of alkyl halides is 2. The molecule has 5 aromatic rings. The van der Waals surface area contributed by atoms with Crippen LogP contribution in [0.25, 0.3) is 11.1 Å². The molecule has 2 aromatic heterocycles. The van der Waals surface area contributed by atoms with Gasteiger partial charge < -0.3 is 25.3 Å². The summed E-state index contributed by atoms with van der Waals surface area (Å²) in [5.41, 5.74) is -1.10. The second kappa shape index (κ2) is 15.1. The zero-order valence-corrected chi connectivity index (χ0v) is 28.5. The van der Waals surface area contributed by atoms with Gasteiger partial charge in [0.05, 0.1) is 18.7 Å². The van der Waals surface area contributed by atoms with Crippen molar-refractivity contribution in [2.75, 3.05) is 36.0 Å². The molecule has 1 amide bonds. The number of benzene rings is 3. The minimum atomic E-state index is -4.16. The first-order valence-electron chi connectivity index (χ1n) is 16.8. The average molecular weight is 719 g/mol. The lowest BCUT2D eigenvalue weighted by Gasteiger charge is -2.37. The quantitative estimate of drug-likeness (QED) is 0.154. The minimum Gasteiger partial charge on any atom is -0.391 e. The zero-order chi connectivity index (χ0) is 37.0. The van der Waals surface area contributed by atoms with E-state index in [1.165, 1.54) is 12.3 Å².